The molecular weight excluding hydrogens is 266 g/mol. The van der Waals surface area contributed by atoms with Gasteiger partial charge in [-0.05, 0) is 13.8 Å². The minimum Gasteiger partial charge on any atom is -0.480 e. The van der Waals surface area contributed by atoms with Gasteiger partial charge in [-0.25, -0.2) is 9.59 Å². The van der Waals surface area contributed by atoms with Crippen LogP contribution in [-0.2, 0) is 14.3 Å². The molecule has 0 radical (unpaired) electrons. The lowest BCUT2D eigenvalue weighted by molar-refractivity contribution is -0.160. The van der Waals surface area contributed by atoms with E-state index in [2.05, 4.69) is 5.32 Å². The highest BCUT2D eigenvalue weighted by atomic mass is 16.5. The molecule has 3 amide bonds. The molecule has 2 aliphatic rings. The summed E-state index contributed by atoms with van der Waals surface area (Å²) in [6.07, 6.45) is 0. The number of amides is 3. The molecule has 0 aromatic carbocycles. The molecule has 0 saturated carbocycles. The van der Waals surface area contributed by atoms with Crippen molar-refractivity contribution in [3.05, 3.63) is 0 Å². The molecule has 2 fully saturated rings. The fourth-order valence-corrected chi connectivity index (χ4v) is 2.45. The molecule has 1 atom stereocenters. The number of carbonyl (C=O) groups excluding carboxylic acids is 2. The number of urea groups is 1. The van der Waals surface area contributed by atoms with Gasteiger partial charge in [0.25, 0.3) is 0 Å². The van der Waals surface area contributed by atoms with Crippen molar-refractivity contribution in [3.8, 4) is 0 Å². The van der Waals surface area contributed by atoms with Gasteiger partial charge in [0.1, 0.15) is 18.2 Å². The molecule has 8 heteroatoms. The van der Waals surface area contributed by atoms with Crippen LogP contribution < -0.4 is 5.32 Å². The summed E-state index contributed by atoms with van der Waals surface area (Å²) in [5.74, 6) is -1.19. The summed E-state index contributed by atoms with van der Waals surface area (Å²) in [7, 11) is 0. The Labute approximate surface area is 116 Å². The fraction of sp³-hybridized carbons (Fsp3) is 0.750. The van der Waals surface area contributed by atoms with Gasteiger partial charge in [-0.2, -0.15) is 0 Å². The van der Waals surface area contributed by atoms with Crippen LogP contribution in [0.4, 0.5) is 4.79 Å². The molecule has 8 nitrogen and oxygen atoms in total. The normalized spacial score (nSPS) is 24.9. The van der Waals surface area contributed by atoms with Crippen LogP contribution in [0, 0.1) is 0 Å². The van der Waals surface area contributed by atoms with E-state index in [9.17, 15) is 14.4 Å². The second-order valence-corrected chi connectivity index (χ2v) is 5.43. The second kappa shape index (κ2) is 5.28. The van der Waals surface area contributed by atoms with E-state index in [-0.39, 0.29) is 18.5 Å². The molecule has 2 N–H and O–H groups in total. The summed E-state index contributed by atoms with van der Waals surface area (Å²) in [4.78, 5) is 37.4. The Bertz CT molecular complexity index is 433. The summed E-state index contributed by atoms with van der Waals surface area (Å²) in [6.45, 7) is 4.69. The van der Waals surface area contributed by atoms with Crippen LogP contribution in [0.1, 0.15) is 13.8 Å². The molecule has 20 heavy (non-hydrogen) atoms. The van der Waals surface area contributed by atoms with E-state index in [1.807, 2.05) is 0 Å². The van der Waals surface area contributed by atoms with Gasteiger partial charge in [0, 0.05) is 13.1 Å². The Morgan fingerprint density at radius 3 is 2.75 bits per heavy atom. The van der Waals surface area contributed by atoms with Crippen LogP contribution in [0.25, 0.3) is 0 Å². The van der Waals surface area contributed by atoms with Gasteiger partial charge >= 0.3 is 12.0 Å². The molecule has 112 valence electrons. The highest BCUT2D eigenvalue weighted by Crippen LogP contribution is 2.26. The molecule has 0 bridgehead atoms. The molecule has 1 unspecified atom stereocenters. The maximum Gasteiger partial charge on any atom is 0.329 e. The van der Waals surface area contributed by atoms with Crippen molar-refractivity contribution in [1.82, 2.24) is 15.1 Å². The molecule has 2 saturated heterocycles. The van der Waals surface area contributed by atoms with E-state index in [1.54, 1.807) is 18.7 Å². The maximum absolute atomic E-state index is 12.3. The lowest BCUT2D eigenvalue weighted by atomic mass is 9.96. The second-order valence-electron chi connectivity index (χ2n) is 5.43. The van der Waals surface area contributed by atoms with Crippen LogP contribution in [0.3, 0.4) is 0 Å². The zero-order chi connectivity index (χ0) is 14.9. The van der Waals surface area contributed by atoms with E-state index >= 15 is 0 Å². The van der Waals surface area contributed by atoms with E-state index < -0.39 is 17.6 Å². The number of carboxylic acid groups (broad SMARTS) is 1. The number of nitrogens with one attached hydrogen (secondary N) is 1. The summed E-state index contributed by atoms with van der Waals surface area (Å²) < 4.78 is 5.25. The van der Waals surface area contributed by atoms with Crippen LogP contribution in [0.15, 0.2) is 0 Å². The highest BCUT2D eigenvalue weighted by Gasteiger charge is 2.45. The first kappa shape index (κ1) is 14.6. The zero-order valence-corrected chi connectivity index (χ0v) is 11.6. The molecular formula is C12H19N3O5. The first-order valence-corrected chi connectivity index (χ1v) is 6.51. The van der Waals surface area contributed by atoms with Crippen LogP contribution in [0.5, 0.6) is 0 Å². The number of ether oxygens (including phenoxy) is 1. The number of carboxylic acids is 1. The standard InChI is InChI=1S/C12H19N3O5/c1-8-10(18)13-3-4-15(8)11(19)14-6-12(2,7-14)20-5-9(16)17/h8H,3-7H2,1-2H3,(H,13,18)(H,16,17). The van der Waals surface area contributed by atoms with Gasteiger partial charge in [0.15, 0.2) is 0 Å². The van der Waals surface area contributed by atoms with Crippen molar-refractivity contribution in [2.75, 3.05) is 32.8 Å². The van der Waals surface area contributed by atoms with Gasteiger partial charge in [0.2, 0.25) is 5.91 Å². The zero-order valence-electron chi connectivity index (χ0n) is 11.6. The molecule has 0 aromatic heterocycles. The Morgan fingerprint density at radius 2 is 2.15 bits per heavy atom. The number of likely N-dealkylation sites (tertiary alicyclic amines) is 1. The largest absolute Gasteiger partial charge is 0.480 e. The minimum atomic E-state index is -1.03. The Hall–Kier alpha value is -1.83. The number of piperazine rings is 1. The van der Waals surface area contributed by atoms with E-state index in [1.165, 1.54) is 4.90 Å². The number of hydrogen-bond acceptors (Lipinski definition) is 4. The van der Waals surface area contributed by atoms with Crippen molar-refractivity contribution in [2.24, 2.45) is 0 Å². The van der Waals surface area contributed by atoms with Gasteiger partial charge in [-0.15, -0.1) is 0 Å². The van der Waals surface area contributed by atoms with Crippen molar-refractivity contribution in [1.29, 1.82) is 0 Å². The van der Waals surface area contributed by atoms with Gasteiger partial charge in [-0.3, -0.25) is 4.79 Å². The predicted molar refractivity (Wildman–Crippen MR) is 68.1 cm³/mol. The van der Waals surface area contributed by atoms with Crippen molar-refractivity contribution < 1.29 is 24.2 Å². The third-order valence-corrected chi connectivity index (χ3v) is 3.61. The third-order valence-electron chi connectivity index (χ3n) is 3.61. The number of hydrogen-bond donors (Lipinski definition) is 2. The number of rotatable bonds is 3. The molecule has 2 aliphatic heterocycles. The fourth-order valence-electron chi connectivity index (χ4n) is 2.45. The first-order chi connectivity index (χ1) is 9.32. The number of carbonyl (C=O) groups is 3. The SMILES string of the molecule is CC1C(=O)NCCN1C(=O)N1CC(C)(OCC(=O)O)C1. The lowest BCUT2D eigenvalue weighted by Crippen LogP contribution is -2.68. The summed E-state index contributed by atoms with van der Waals surface area (Å²) >= 11 is 0. The average molecular weight is 285 g/mol. The number of aliphatic carboxylic acids is 1. The number of nitrogens with zero attached hydrogens (tertiary/aromatic N) is 2. The van der Waals surface area contributed by atoms with Crippen LogP contribution >= 0.6 is 0 Å². The molecule has 2 heterocycles. The van der Waals surface area contributed by atoms with E-state index in [4.69, 9.17) is 9.84 Å². The van der Waals surface area contributed by atoms with Crippen molar-refractivity contribution in [2.45, 2.75) is 25.5 Å². The third kappa shape index (κ3) is 2.84. The summed E-state index contributed by atoms with van der Waals surface area (Å²) in [5.41, 5.74) is -0.616. The van der Waals surface area contributed by atoms with E-state index in [0.29, 0.717) is 26.2 Å². The maximum atomic E-state index is 12.3. The molecule has 2 rings (SSSR count). The minimum absolute atomic E-state index is 0.157. The Balaban J connectivity index is 1.87. The lowest BCUT2D eigenvalue weighted by Gasteiger charge is -2.49. The monoisotopic (exact) mass is 285 g/mol. The molecule has 0 spiro atoms. The molecule has 0 aromatic rings. The van der Waals surface area contributed by atoms with Gasteiger partial charge in [0.05, 0.1) is 13.1 Å². The Kier molecular flexibility index (Phi) is 3.85. The molecule has 0 aliphatic carbocycles. The van der Waals surface area contributed by atoms with Crippen LogP contribution in [0.2, 0.25) is 0 Å². The highest BCUT2D eigenvalue weighted by molar-refractivity contribution is 5.88. The average Bonchev–Trinajstić information content (AvgIpc) is 2.35. The van der Waals surface area contributed by atoms with Crippen LogP contribution in [-0.4, -0.2) is 77.2 Å². The quantitative estimate of drug-likeness (QED) is 0.700. The van der Waals surface area contributed by atoms with Gasteiger partial charge < -0.3 is 25.0 Å². The smallest absolute Gasteiger partial charge is 0.329 e. The predicted octanol–water partition coefficient (Wildman–Crippen LogP) is -0.898. The topological polar surface area (TPSA) is 99.2 Å². The van der Waals surface area contributed by atoms with Crippen molar-refractivity contribution in [3.63, 3.8) is 0 Å². The van der Waals surface area contributed by atoms with Gasteiger partial charge in [-0.1, -0.05) is 0 Å². The van der Waals surface area contributed by atoms with E-state index in [0.717, 1.165) is 0 Å². The summed E-state index contributed by atoms with van der Waals surface area (Å²) in [5, 5.41) is 11.3. The van der Waals surface area contributed by atoms with Crippen molar-refractivity contribution >= 4 is 17.9 Å². The first-order valence-electron chi connectivity index (χ1n) is 6.51. The summed E-state index contributed by atoms with van der Waals surface area (Å²) in [6, 6.07) is -0.688. The Morgan fingerprint density at radius 1 is 1.50 bits per heavy atom.